The van der Waals surface area contributed by atoms with E-state index >= 15 is 0 Å². The fourth-order valence-electron chi connectivity index (χ4n) is 2.99. The molecule has 0 N–H and O–H groups in total. The summed E-state index contributed by atoms with van der Waals surface area (Å²) in [6, 6.07) is 15.3. The summed E-state index contributed by atoms with van der Waals surface area (Å²) in [5, 5.41) is 11.2. The maximum atomic E-state index is 11.2. The lowest BCUT2D eigenvalue weighted by Gasteiger charge is -2.21. The van der Waals surface area contributed by atoms with Gasteiger partial charge in [0.1, 0.15) is 5.84 Å². The highest BCUT2D eigenvalue weighted by Crippen LogP contribution is 2.34. The highest BCUT2D eigenvalue weighted by Gasteiger charge is 2.31. The summed E-state index contributed by atoms with van der Waals surface area (Å²) >= 11 is 0. The smallest absolute Gasteiger partial charge is 0.277 e. The maximum Gasteiger partial charge on any atom is 0.277 e. The molecular formula is C17H13N3O2. The SMILES string of the molecule is O=[N+]([O-])c1cccc2c1C=CN1C[C@@H](c3ccccc3)N=C21. The van der Waals surface area contributed by atoms with Gasteiger partial charge in [-0.1, -0.05) is 42.5 Å². The van der Waals surface area contributed by atoms with Crippen molar-refractivity contribution in [3.63, 3.8) is 0 Å². The Bertz CT molecular complexity index is 812. The Morgan fingerprint density at radius 1 is 1.14 bits per heavy atom. The Hall–Kier alpha value is -2.95. The Morgan fingerprint density at radius 3 is 2.73 bits per heavy atom. The van der Waals surface area contributed by atoms with E-state index in [1.807, 2.05) is 30.5 Å². The van der Waals surface area contributed by atoms with Gasteiger partial charge in [0.15, 0.2) is 0 Å². The normalized spacial score (nSPS) is 18.6. The zero-order valence-electron chi connectivity index (χ0n) is 11.7. The largest absolute Gasteiger partial charge is 0.330 e. The van der Waals surface area contributed by atoms with E-state index in [0.29, 0.717) is 5.56 Å². The van der Waals surface area contributed by atoms with E-state index in [4.69, 9.17) is 4.99 Å². The van der Waals surface area contributed by atoms with E-state index in [2.05, 4.69) is 17.0 Å². The first-order chi connectivity index (χ1) is 10.7. The second kappa shape index (κ2) is 4.80. The Morgan fingerprint density at radius 2 is 1.95 bits per heavy atom. The maximum absolute atomic E-state index is 11.2. The molecule has 0 fully saturated rings. The topological polar surface area (TPSA) is 58.7 Å². The number of nitrogens with zero attached hydrogens (tertiary/aromatic N) is 3. The van der Waals surface area contributed by atoms with Crippen molar-refractivity contribution in [1.82, 2.24) is 4.90 Å². The van der Waals surface area contributed by atoms with E-state index in [1.54, 1.807) is 12.1 Å². The van der Waals surface area contributed by atoms with Crippen LogP contribution in [0.4, 0.5) is 5.69 Å². The van der Waals surface area contributed by atoms with Crippen LogP contribution in [0.25, 0.3) is 6.08 Å². The van der Waals surface area contributed by atoms with Crippen LogP contribution in [-0.4, -0.2) is 22.2 Å². The first kappa shape index (κ1) is 12.8. The highest BCUT2D eigenvalue weighted by molar-refractivity contribution is 6.06. The van der Waals surface area contributed by atoms with Gasteiger partial charge in [0.2, 0.25) is 0 Å². The zero-order valence-corrected chi connectivity index (χ0v) is 11.7. The number of hydrogen-bond donors (Lipinski definition) is 0. The van der Waals surface area contributed by atoms with Gasteiger partial charge < -0.3 is 4.90 Å². The van der Waals surface area contributed by atoms with Crippen LogP contribution >= 0.6 is 0 Å². The highest BCUT2D eigenvalue weighted by atomic mass is 16.6. The third-order valence-corrected chi connectivity index (χ3v) is 4.05. The van der Waals surface area contributed by atoms with Crippen LogP contribution in [0.15, 0.2) is 59.7 Å². The minimum absolute atomic E-state index is 0.0612. The quantitative estimate of drug-likeness (QED) is 0.629. The second-order valence-electron chi connectivity index (χ2n) is 5.34. The Balaban J connectivity index is 1.80. The molecule has 108 valence electrons. The predicted molar refractivity (Wildman–Crippen MR) is 84.6 cm³/mol. The van der Waals surface area contributed by atoms with Crippen LogP contribution in [0.1, 0.15) is 22.7 Å². The number of amidine groups is 1. The second-order valence-corrected chi connectivity index (χ2v) is 5.34. The van der Waals surface area contributed by atoms with E-state index in [0.717, 1.165) is 23.5 Å². The van der Waals surface area contributed by atoms with Gasteiger partial charge in [0.25, 0.3) is 5.69 Å². The van der Waals surface area contributed by atoms with E-state index in [-0.39, 0.29) is 16.7 Å². The lowest BCUT2D eigenvalue weighted by atomic mass is 10.0. The number of nitro groups is 1. The van der Waals surface area contributed by atoms with Gasteiger partial charge in [0.05, 0.1) is 23.1 Å². The van der Waals surface area contributed by atoms with Crippen molar-refractivity contribution >= 4 is 17.6 Å². The molecule has 0 radical (unpaired) electrons. The molecule has 0 unspecified atom stereocenters. The fraction of sp³-hybridized carbons (Fsp3) is 0.118. The summed E-state index contributed by atoms with van der Waals surface area (Å²) in [5.41, 5.74) is 2.75. The molecule has 4 rings (SSSR count). The van der Waals surface area contributed by atoms with Crippen molar-refractivity contribution in [3.05, 3.63) is 81.5 Å². The van der Waals surface area contributed by atoms with Gasteiger partial charge >= 0.3 is 0 Å². The number of fused-ring (bicyclic) bond motifs is 3. The average Bonchev–Trinajstić information content (AvgIpc) is 2.99. The van der Waals surface area contributed by atoms with Crippen LogP contribution in [-0.2, 0) is 0 Å². The Labute approximate surface area is 127 Å². The van der Waals surface area contributed by atoms with Gasteiger partial charge in [-0.3, -0.25) is 15.1 Å². The molecule has 1 atom stereocenters. The monoisotopic (exact) mass is 291 g/mol. The van der Waals surface area contributed by atoms with Gasteiger partial charge in [-0.15, -0.1) is 0 Å². The summed E-state index contributed by atoms with van der Waals surface area (Å²) < 4.78 is 0. The third-order valence-electron chi connectivity index (χ3n) is 4.05. The molecule has 5 heteroatoms. The van der Waals surface area contributed by atoms with Crippen LogP contribution in [0.2, 0.25) is 0 Å². The van der Waals surface area contributed by atoms with Gasteiger partial charge in [-0.25, -0.2) is 0 Å². The molecule has 2 aromatic rings. The van der Waals surface area contributed by atoms with Crippen molar-refractivity contribution < 1.29 is 4.92 Å². The number of rotatable bonds is 2. The zero-order chi connectivity index (χ0) is 15.1. The van der Waals surface area contributed by atoms with Crippen molar-refractivity contribution in [2.75, 3.05) is 6.54 Å². The molecule has 2 aromatic carbocycles. The van der Waals surface area contributed by atoms with Crippen molar-refractivity contribution in [1.29, 1.82) is 0 Å². The number of hydrogen-bond acceptors (Lipinski definition) is 4. The van der Waals surface area contributed by atoms with E-state index in [9.17, 15) is 10.1 Å². The molecule has 22 heavy (non-hydrogen) atoms. The lowest BCUT2D eigenvalue weighted by molar-refractivity contribution is -0.385. The van der Waals surface area contributed by atoms with E-state index < -0.39 is 0 Å². The molecule has 2 aliphatic rings. The third kappa shape index (κ3) is 1.90. The van der Waals surface area contributed by atoms with Gasteiger partial charge in [-0.2, -0.15) is 0 Å². The molecule has 0 saturated heterocycles. The van der Waals surface area contributed by atoms with Crippen molar-refractivity contribution in [2.24, 2.45) is 4.99 Å². The van der Waals surface area contributed by atoms with Crippen LogP contribution in [0.3, 0.4) is 0 Å². The standard InChI is InChI=1S/C17H13N3O2/c21-20(22)16-8-4-7-14-13(16)9-10-19-11-15(18-17(14)19)12-5-2-1-3-6-12/h1-10,15H,11H2/t15-/m0/s1. The minimum Gasteiger partial charge on any atom is -0.330 e. The van der Waals surface area contributed by atoms with E-state index in [1.165, 1.54) is 6.07 Å². The minimum atomic E-state index is -0.344. The number of aliphatic imine (C=N–C) groups is 1. The number of nitro benzene ring substituents is 1. The molecule has 2 heterocycles. The van der Waals surface area contributed by atoms with Crippen molar-refractivity contribution in [3.8, 4) is 0 Å². The van der Waals surface area contributed by atoms with Crippen molar-refractivity contribution in [2.45, 2.75) is 6.04 Å². The lowest BCUT2D eigenvalue weighted by Crippen LogP contribution is -2.26. The molecule has 2 aliphatic heterocycles. The predicted octanol–water partition coefficient (Wildman–Crippen LogP) is 3.38. The summed E-state index contributed by atoms with van der Waals surface area (Å²) in [5.74, 6) is 0.815. The molecule has 0 aliphatic carbocycles. The first-order valence-electron chi connectivity index (χ1n) is 7.09. The first-order valence-corrected chi connectivity index (χ1v) is 7.09. The molecular weight excluding hydrogens is 278 g/mol. The summed E-state index contributed by atoms with van der Waals surface area (Å²) in [6.07, 6.45) is 3.69. The summed E-state index contributed by atoms with van der Waals surface area (Å²) in [4.78, 5) is 17.7. The molecule has 5 nitrogen and oxygen atoms in total. The number of benzene rings is 2. The summed E-state index contributed by atoms with van der Waals surface area (Å²) in [6.45, 7) is 0.762. The van der Waals surface area contributed by atoms with Crippen LogP contribution in [0.5, 0.6) is 0 Å². The molecule has 0 amide bonds. The summed E-state index contributed by atoms with van der Waals surface area (Å²) in [7, 11) is 0. The molecule has 0 saturated carbocycles. The molecule has 0 aromatic heterocycles. The Kier molecular flexibility index (Phi) is 2.79. The van der Waals surface area contributed by atoms with Crippen LogP contribution in [0, 0.1) is 10.1 Å². The fourth-order valence-corrected chi connectivity index (χ4v) is 2.99. The molecule has 0 spiro atoms. The van der Waals surface area contributed by atoms with Gasteiger partial charge in [-0.05, 0) is 11.6 Å². The van der Waals surface area contributed by atoms with Gasteiger partial charge in [0, 0.05) is 17.8 Å². The average molecular weight is 291 g/mol. The van der Waals surface area contributed by atoms with Crippen LogP contribution < -0.4 is 0 Å². The molecule has 0 bridgehead atoms.